The Labute approximate surface area is 226 Å². The molecule has 3 fully saturated rings. The molecule has 7 atom stereocenters. The molecule has 2 heteroatoms. The van der Waals surface area contributed by atoms with Crippen LogP contribution in [0.2, 0.25) is 18.1 Å². The third kappa shape index (κ3) is 5.25. The Morgan fingerprint density at radius 1 is 0.944 bits per heavy atom. The van der Waals surface area contributed by atoms with Crippen LogP contribution in [0.15, 0.2) is 23.3 Å². The zero-order chi connectivity index (χ0) is 26.7. The predicted molar refractivity (Wildman–Crippen MR) is 160 cm³/mol. The van der Waals surface area contributed by atoms with Gasteiger partial charge in [0.2, 0.25) is 0 Å². The van der Waals surface area contributed by atoms with Crippen LogP contribution in [0.1, 0.15) is 127 Å². The van der Waals surface area contributed by atoms with E-state index < -0.39 is 8.32 Å². The zero-order valence-corrected chi connectivity index (χ0v) is 27.0. The molecular weight excluding hydrogens is 452 g/mol. The number of hydrogen-bond acceptors (Lipinski definition) is 1. The third-order valence-electron chi connectivity index (χ3n) is 12.1. The van der Waals surface area contributed by atoms with Gasteiger partial charge in [-0.15, -0.1) is 0 Å². The van der Waals surface area contributed by atoms with E-state index in [9.17, 15) is 0 Å². The van der Waals surface area contributed by atoms with E-state index in [4.69, 9.17) is 4.43 Å². The summed E-state index contributed by atoms with van der Waals surface area (Å²) in [6.45, 7) is 27.1. The highest BCUT2D eigenvalue weighted by molar-refractivity contribution is 6.74. The van der Waals surface area contributed by atoms with Crippen molar-refractivity contribution in [3.63, 3.8) is 0 Å². The van der Waals surface area contributed by atoms with Crippen molar-refractivity contribution in [2.45, 2.75) is 151 Å². The van der Waals surface area contributed by atoms with Crippen molar-refractivity contribution in [3.8, 4) is 0 Å². The molecule has 0 spiro atoms. The van der Waals surface area contributed by atoms with E-state index in [2.05, 4.69) is 87.6 Å². The van der Waals surface area contributed by atoms with Crippen molar-refractivity contribution in [1.82, 2.24) is 0 Å². The van der Waals surface area contributed by atoms with Gasteiger partial charge in [0.1, 0.15) is 0 Å². The first-order chi connectivity index (χ1) is 16.5. The highest BCUT2D eigenvalue weighted by atomic mass is 28.4. The first-order valence-corrected chi connectivity index (χ1v) is 18.5. The van der Waals surface area contributed by atoms with Crippen LogP contribution in [0.4, 0.5) is 0 Å². The third-order valence-corrected chi connectivity index (χ3v) is 16.7. The second-order valence-corrected chi connectivity index (χ2v) is 21.5. The molecule has 0 radical (unpaired) electrons. The van der Waals surface area contributed by atoms with Crippen LogP contribution in [0.3, 0.4) is 0 Å². The van der Waals surface area contributed by atoms with E-state index in [0.717, 1.165) is 23.7 Å². The number of allylic oxidation sites excluding steroid dienone is 3. The molecule has 0 N–H and O–H groups in total. The fourth-order valence-corrected chi connectivity index (χ4v) is 10.2. The highest BCUT2D eigenvalue weighted by Crippen LogP contribution is 2.66. The number of hydrogen-bond donors (Lipinski definition) is 0. The molecule has 0 amide bonds. The Kier molecular flexibility index (Phi) is 7.71. The molecule has 206 valence electrons. The maximum atomic E-state index is 6.93. The van der Waals surface area contributed by atoms with Gasteiger partial charge in [-0.2, -0.15) is 0 Å². The van der Waals surface area contributed by atoms with Crippen LogP contribution in [0, 0.1) is 39.9 Å². The average molecular weight is 513 g/mol. The van der Waals surface area contributed by atoms with E-state index in [1.54, 1.807) is 5.57 Å². The van der Waals surface area contributed by atoms with E-state index >= 15 is 0 Å². The lowest BCUT2D eigenvalue weighted by atomic mass is 9.50. The second-order valence-electron chi connectivity index (χ2n) is 16.8. The van der Waals surface area contributed by atoms with Gasteiger partial charge in [-0.1, -0.05) is 98.5 Å². The Bertz CT molecular complexity index is 867. The summed E-state index contributed by atoms with van der Waals surface area (Å²) in [5.41, 5.74) is 4.92. The summed E-state index contributed by atoms with van der Waals surface area (Å²) in [4.78, 5) is 0. The van der Waals surface area contributed by atoms with Crippen LogP contribution in [0.25, 0.3) is 0 Å². The van der Waals surface area contributed by atoms with Gasteiger partial charge < -0.3 is 4.43 Å². The van der Waals surface area contributed by atoms with Crippen LogP contribution >= 0.6 is 0 Å². The van der Waals surface area contributed by atoms with Gasteiger partial charge in [0.05, 0.1) is 0 Å². The molecule has 4 rings (SSSR count). The summed E-state index contributed by atoms with van der Waals surface area (Å²) in [6, 6.07) is 0. The smallest absolute Gasteiger partial charge is 0.192 e. The summed E-state index contributed by atoms with van der Waals surface area (Å²) in [6.07, 6.45) is 19.3. The van der Waals surface area contributed by atoms with Gasteiger partial charge in [0.25, 0.3) is 0 Å². The molecule has 0 aromatic heterocycles. The molecule has 36 heavy (non-hydrogen) atoms. The minimum atomic E-state index is -1.72. The molecule has 1 nitrogen and oxygen atoms in total. The van der Waals surface area contributed by atoms with Gasteiger partial charge >= 0.3 is 0 Å². The Balaban J connectivity index is 1.48. The minimum absolute atomic E-state index is 0.290. The van der Waals surface area contributed by atoms with Crippen LogP contribution in [0.5, 0.6) is 0 Å². The lowest BCUT2D eigenvalue weighted by molar-refractivity contribution is 0.0340. The highest BCUT2D eigenvalue weighted by Gasteiger charge is 2.57. The summed E-state index contributed by atoms with van der Waals surface area (Å²) in [5, 5.41) is 0.290. The van der Waals surface area contributed by atoms with Crippen LogP contribution < -0.4 is 0 Å². The van der Waals surface area contributed by atoms with Crippen molar-refractivity contribution < 1.29 is 4.43 Å². The molecule has 4 aliphatic rings. The molecule has 3 saturated carbocycles. The quantitative estimate of drug-likeness (QED) is 0.321. The lowest BCUT2D eigenvalue weighted by Gasteiger charge is -2.56. The minimum Gasteiger partial charge on any atom is -0.414 e. The summed E-state index contributed by atoms with van der Waals surface area (Å²) in [5.74, 6) is 3.38. The molecule has 0 saturated heterocycles. The fraction of sp³-hybridized carbons (Fsp3) is 0.882. The normalized spacial score (nSPS) is 38.0. The molecule has 0 aromatic rings. The predicted octanol–water partition coefficient (Wildman–Crippen LogP) is 10.7. The monoisotopic (exact) mass is 512 g/mol. The maximum absolute atomic E-state index is 6.93. The lowest BCUT2D eigenvalue weighted by Crippen LogP contribution is -2.49. The van der Waals surface area contributed by atoms with Gasteiger partial charge in [0, 0.05) is 6.10 Å². The standard InChI is InChI=1S/C34H60OSi/c1-24(13-12-20-31(2,3)4)28-16-17-29-27-15-14-25-23-26(35-36(10,11)32(5,6)7)18-21-33(25,8)30(27)19-22-34(28,29)9/h14-15,24,26,28-30H,12-13,16-23H2,1-11H3/t24-,26?,28+,29-,30-,33-,34+/m0/s1. The van der Waals surface area contributed by atoms with Crippen LogP contribution in [-0.4, -0.2) is 14.4 Å². The molecular formula is C34H60OSi. The molecule has 0 heterocycles. The largest absolute Gasteiger partial charge is 0.414 e. The van der Waals surface area contributed by atoms with Crippen molar-refractivity contribution in [3.05, 3.63) is 23.3 Å². The van der Waals surface area contributed by atoms with Gasteiger partial charge in [-0.05, 0) is 109 Å². The summed E-state index contributed by atoms with van der Waals surface area (Å²) < 4.78 is 6.93. The average Bonchev–Trinajstić information content (AvgIpc) is 3.09. The Hall–Kier alpha value is -0.343. The summed E-state index contributed by atoms with van der Waals surface area (Å²) >= 11 is 0. The SMILES string of the molecule is C[C@@H](CCCC(C)(C)C)[C@H]1CC[C@H]2C3=CC=C4CC(O[Si](C)(C)C(C)(C)C)CC[C@]4(C)[C@H]3CC[C@]12C. The van der Waals surface area contributed by atoms with Crippen LogP contribution in [-0.2, 0) is 4.43 Å². The van der Waals surface area contributed by atoms with Crippen molar-refractivity contribution in [2.24, 2.45) is 39.9 Å². The van der Waals surface area contributed by atoms with Gasteiger partial charge in [-0.25, -0.2) is 0 Å². The second kappa shape index (κ2) is 9.69. The molecule has 4 aliphatic carbocycles. The first-order valence-electron chi connectivity index (χ1n) is 15.6. The number of fused-ring (bicyclic) bond motifs is 5. The van der Waals surface area contributed by atoms with E-state index in [-0.39, 0.29) is 0 Å². The van der Waals surface area contributed by atoms with Gasteiger partial charge in [-0.3, -0.25) is 0 Å². The summed E-state index contributed by atoms with van der Waals surface area (Å²) in [7, 11) is -1.72. The Morgan fingerprint density at radius 2 is 1.64 bits per heavy atom. The molecule has 0 aliphatic heterocycles. The fourth-order valence-electron chi connectivity index (χ4n) is 8.79. The number of rotatable bonds is 6. The van der Waals surface area contributed by atoms with Crippen molar-refractivity contribution in [1.29, 1.82) is 0 Å². The molecule has 0 aromatic carbocycles. The Morgan fingerprint density at radius 3 is 2.28 bits per heavy atom. The topological polar surface area (TPSA) is 9.23 Å². The maximum Gasteiger partial charge on any atom is 0.192 e. The van der Waals surface area contributed by atoms with Crippen molar-refractivity contribution >= 4 is 8.32 Å². The van der Waals surface area contributed by atoms with E-state index in [1.807, 2.05) is 5.57 Å². The molecule has 1 unspecified atom stereocenters. The van der Waals surface area contributed by atoms with Crippen molar-refractivity contribution in [2.75, 3.05) is 0 Å². The molecule has 0 bridgehead atoms. The first kappa shape index (κ1) is 28.7. The van der Waals surface area contributed by atoms with Gasteiger partial charge in [0.15, 0.2) is 8.32 Å². The van der Waals surface area contributed by atoms with E-state index in [1.165, 1.54) is 64.2 Å². The zero-order valence-electron chi connectivity index (χ0n) is 26.0. The van der Waals surface area contributed by atoms with E-state index in [0.29, 0.717) is 27.4 Å².